The zero-order valence-corrected chi connectivity index (χ0v) is 17.2. The smallest absolute Gasteiger partial charge is 0.238 e. The van der Waals surface area contributed by atoms with E-state index in [0.717, 1.165) is 29.5 Å². The van der Waals surface area contributed by atoms with Crippen molar-refractivity contribution in [3.8, 4) is 22.6 Å². The molecule has 31 heavy (non-hydrogen) atoms. The molecule has 1 aliphatic carbocycles. The lowest BCUT2D eigenvalue weighted by Crippen LogP contribution is -2.28. The molecule has 2 heterocycles. The number of hydrogen-bond donors (Lipinski definition) is 2. The molecule has 0 unspecified atom stereocenters. The number of carbonyl (C=O) groups excluding carboxylic acids is 1. The van der Waals surface area contributed by atoms with Gasteiger partial charge in [0.25, 0.3) is 0 Å². The van der Waals surface area contributed by atoms with E-state index in [0.29, 0.717) is 17.3 Å². The molecule has 1 fully saturated rings. The zero-order chi connectivity index (χ0) is 21.6. The standard InChI is InChI=1S/C22H19N3O5S.2H2/c23-31(27,28)17-5-1-14(2-6-17)15-3-8-20(24-12-15)25-21(26)22(9-10-22)16-4-7-18-19(11-16)30-13-29-18;;/h1-8,11-12H,9-10,13H2,(H2,23,27,28)(H,24,25,26);2*1H. The van der Waals surface area contributed by atoms with Gasteiger partial charge in [0, 0.05) is 14.6 Å². The molecule has 0 bridgehead atoms. The van der Waals surface area contributed by atoms with Crippen LogP contribution < -0.4 is 19.9 Å². The summed E-state index contributed by atoms with van der Waals surface area (Å²) >= 11 is 0. The Hall–Kier alpha value is -3.43. The molecule has 1 aliphatic heterocycles. The molecule has 9 heteroatoms. The summed E-state index contributed by atoms with van der Waals surface area (Å²) in [6.45, 7) is 0.193. The molecule has 0 atom stereocenters. The number of amides is 1. The van der Waals surface area contributed by atoms with Gasteiger partial charge in [0.15, 0.2) is 11.5 Å². The normalized spacial score (nSPS) is 16.0. The second-order valence-corrected chi connectivity index (χ2v) is 9.17. The number of pyridine rings is 1. The SMILES string of the molecule is NS(=O)(=O)c1ccc(-c2ccc(NC(=O)C3(c4ccc5c(c4)OCO5)CC3)nc2)cc1.[HH].[HH]. The summed E-state index contributed by atoms with van der Waals surface area (Å²) in [6.07, 6.45) is 3.14. The lowest BCUT2D eigenvalue weighted by molar-refractivity contribution is -0.118. The summed E-state index contributed by atoms with van der Waals surface area (Å²) in [7, 11) is -3.73. The van der Waals surface area contributed by atoms with Crippen molar-refractivity contribution >= 4 is 21.7 Å². The number of sulfonamides is 1. The number of primary sulfonamides is 1. The van der Waals surface area contributed by atoms with Crippen molar-refractivity contribution in [1.82, 2.24) is 4.98 Å². The van der Waals surface area contributed by atoms with Gasteiger partial charge in [0.1, 0.15) is 5.82 Å². The van der Waals surface area contributed by atoms with Crippen molar-refractivity contribution in [2.75, 3.05) is 12.1 Å². The summed E-state index contributed by atoms with van der Waals surface area (Å²) < 4.78 is 33.5. The Morgan fingerprint density at radius 1 is 1.00 bits per heavy atom. The predicted octanol–water partition coefficient (Wildman–Crippen LogP) is 3.29. The van der Waals surface area contributed by atoms with E-state index in [9.17, 15) is 13.2 Å². The first-order chi connectivity index (χ1) is 14.8. The van der Waals surface area contributed by atoms with E-state index in [2.05, 4.69) is 10.3 Å². The minimum Gasteiger partial charge on any atom is -0.454 e. The topological polar surface area (TPSA) is 121 Å². The maximum absolute atomic E-state index is 13.0. The molecule has 2 aliphatic rings. The minimum absolute atomic E-state index is 0. The molecule has 3 aromatic rings. The largest absolute Gasteiger partial charge is 0.454 e. The number of nitrogens with zero attached hydrogens (tertiary/aromatic N) is 1. The summed E-state index contributed by atoms with van der Waals surface area (Å²) in [6, 6.07) is 15.4. The number of benzene rings is 2. The van der Waals surface area contributed by atoms with Crippen molar-refractivity contribution in [3.63, 3.8) is 0 Å². The molecule has 3 N–H and O–H groups in total. The lowest BCUT2D eigenvalue weighted by atomic mass is 9.94. The number of rotatable bonds is 5. The monoisotopic (exact) mass is 441 g/mol. The fraction of sp³-hybridized carbons (Fsp3) is 0.182. The fourth-order valence-corrected chi connectivity index (χ4v) is 4.19. The highest BCUT2D eigenvalue weighted by molar-refractivity contribution is 7.89. The van der Waals surface area contributed by atoms with E-state index in [1.54, 1.807) is 24.4 Å². The van der Waals surface area contributed by atoms with Crippen LogP contribution in [0.15, 0.2) is 65.7 Å². The van der Waals surface area contributed by atoms with E-state index >= 15 is 0 Å². The number of nitrogens with two attached hydrogens (primary N) is 1. The lowest BCUT2D eigenvalue weighted by Gasteiger charge is -2.16. The zero-order valence-electron chi connectivity index (χ0n) is 16.4. The van der Waals surface area contributed by atoms with Gasteiger partial charge in [-0.15, -0.1) is 0 Å². The Morgan fingerprint density at radius 2 is 1.71 bits per heavy atom. The van der Waals surface area contributed by atoms with Crippen LogP contribution in [-0.2, 0) is 20.2 Å². The van der Waals surface area contributed by atoms with E-state index in [1.165, 1.54) is 12.1 Å². The van der Waals surface area contributed by atoms with Crippen LogP contribution in [0.1, 0.15) is 21.3 Å². The van der Waals surface area contributed by atoms with E-state index < -0.39 is 15.4 Å². The molecule has 1 amide bonds. The van der Waals surface area contributed by atoms with Crippen molar-refractivity contribution in [2.24, 2.45) is 5.14 Å². The Balaban J connectivity index is 0.00000153. The first-order valence-electron chi connectivity index (χ1n) is 9.66. The molecule has 0 spiro atoms. The van der Waals surface area contributed by atoms with Crippen molar-refractivity contribution < 1.29 is 25.5 Å². The third-order valence-electron chi connectivity index (χ3n) is 5.63. The average molecular weight is 442 g/mol. The molecule has 0 radical (unpaired) electrons. The molecule has 5 rings (SSSR count). The third kappa shape index (κ3) is 3.62. The molecule has 1 aromatic heterocycles. The van der Waals surface area contributed by atoms with Gasteiger partial charge in [-0.05, 0) is 60.4 Å². The van der Waals surface area contributed by atoms with Crippen LogP contribution in [0.2, 0.25) is 0 Å². The van der Waals surface area contributed by atoms with Crippen LogP contribution >= 0.6 is 0 Å². The number of fused-ring (bicyclic) bond motifs is 1. The summed E-state index contributed by atoms with van der Waals surface area (Å²) in [5.74, 6) is 1.69. The Kier molecular flexibility index (Phi) is 4.45. The van der Waals surface area contributed by atoms with Gasteiger partial charge in [0.2, 0.25) is 22.7 Å². The van der Waals surface area contributed by atoms with Crippen LogP contribution in [0, 0.1) is 0 Å². The second kappa shape index (κ2) is 7.07. The number of carbonyl (C=O) groups is 1. The highest BCUT2D eigenvalue weighted by Gasteiger charge is 2.51. The maximum atomic E-state index is 13.0. The first-order valence-corrected chi connectivity index (χ1v) is 11.2. The van der Waals surface area contributed by atoms with Crippen molar-refractivity contribution in [3.05, 3.63) is 66.4 Å². The Morgan fingerprint density at radius 3 is 2.35 bits per heavy atom. The molecule has 0 saturated heterocycles. The maximum Gasteiger partial charge on any atom is 0.238 e. The fourth-order valence-electron chi connectivity index (χ4n) is 3.68. The molecular formula is C22H23N3O5S. The molecular weight excluding hydrogens is 418 g/mol. The van der Waals surface area contributed by atoms with Crippen LogP contribution in [0.25, 0.3) is 11.1 Å². The first kappa shape index (κ1) is 19.5. The van der Waals surface area contributed by atoms with Crippen molar-refractivity contribution in [1.29, 1.82) is 0 Å². The van der Waals surface area contributed by atoms with Crippen molar-refractivity contribution in [2.45, 2.75) is 23.2 Å². The highest BCUT2D eigenvalue weighted by atomic mass is 32.2. The van der Waals surface area contributed by atoms with Gasteiger partial charge >= 0.3 is 0 Å². The van der Waals surface area contributed by atoms with Gasteiger partial charge in [-0.25, -0.2) is 18.5 Å². The number of nitrogens with one attached hydrogen (secondary N) is 1. The molecule has 1 saturated carbocycles. The van der Waals surface area contributed by atoms with Gasteiger partial charge in [0.05, 0.1) is 10.3 Å². The van der Waals surface area contributed by atoms with Gasteiger partial charge in [-0.3, -0.25) is 4.79 Å². The van der Waals surface area contributed by atoms with Crippen LogP contribution in [0.5, 0.6) is 11.5 Å². The molecule has 162 valence electrons. The summed E-state index contributed by atoms with van der Waals surface area (Å²) in [5.41, 5.74) is 1.90. The second-order valence-electron chi connectivity index (χ2n) is 7.61. The van der Waals surface area contributed by atoms with Crippen LogP contribution in [-0.4, -0.2) is 26.1 Å². The van der Waals surface area contributed by atoms with Gasteiger partial charge in [-0.2, -0.15) is 0 Å². The summed E-state index contributed by atoms with van der Waals surface area (Å²) in [4.78, 5) is 17.4. The van der Waals surface area contributed by atoms with Crippen LogP contribution in [0.4, 0.5) is 5.82 Å². The quantitative estimate of drug-likeness (QED) is 0.627. The molecule has 2 aromatic carbocycles. The van der Waals surface area contributed by atoms with E-state index in [-0.39, 0.29) is 20.4 Å². The van der Waals surface area contributed by atoms with Crippen LogP contribution in [0.3, 0.4) is 0 Å². The molecule has 8 nitrogen and oxygen atoms in total. The number of anilines is 1. The van der Waals surface area contributed by atoms with E-state index in [1.807, 2.05) is 24.3 Å². The number of ether oxygens (including phenoxy) is 2. The average Bonchev–Trinajstić information content (AvgIpc) is 3.45. The Labute approximate surface area is 182 Å². The van der Waals surface area contributed by atoms with Gasteiger partial charge in [-0.1, -0.05) is 18.2 Å². The number of aromatic nitrogens is 1. The Bertz CT molecular complexity index is 1280. The minimum atomic E-state index is -3.73. The predicted molar refractivity (Wildman–Crippen MR) is 117 cm³/mol. The third-order valence-corrected chi connectivity index (χ3v) is 6.56. The summed E-state index contributed by atoms with van der Waals surface area (Å²) in [5, 5.41) is 8.03. The van der Waals surface area contributed by atoms with Gasteiger partial charge < -0.3 is 14.8 Å². The highest BCUT2D eigenvalue weighted by Crippen LogP contribution is 2.51. The number of hydrogen-bond acceptors (Lipinski definition) is 6. The van der Waals surface area contributed by atoms with E-state index in [4.69, 9.17) is 14.6 Å².